The van der Waals surface area contributed by atoms with Crippen molar-refractivity contribution in [1.82, 2.24) is 5.32 Å². The summed E-state index contributed by atoms with van der Waals surface area (Å²) in [5.41, 5.74) is 1.77. The van der Waals surface area contributed by atoms with Gasteiger partial charge in [0.25, 0.3) is 0 Å². The van der Waals surface area contributed by atoms with Crippen LogP contribution in [-0.4, -0.2) is 0 Å². The van der Waals surface area contributed by atoms with E-state index in [1.807, 2.05) is 19.1 Å². The highest BCUT2D eigenvalue weighted by Gasteiger charge is 2.11. The lowest BCUT2D eigenvalue weighted by Crippen LogP contribution is -2.19. The number of halogens is 3. The van der Waals surface area contributed by atoms with Gasteiger partial charge in [0, 0.05) is 28.2 Å². The Morgan fingerprint density at radius 2 is 2.00 bits per heavy atom. The van der Waals surface area contributed by atoms with Gasteiger partial charge in [-0.1, -0.05) is 29.3 Å². The Hall–Kier alpha value is -1.60. The standard InChI is InChI=1S/C16H13Cl2FN2/c1-10(14-4-3-13(17)7-15(14)18)21-9-12-6-11(8-20)2-5-16(12)19/h2-7,10,21H,9H2,1H3. The molecule has 0 aliphatic rings. The first kappa shape index (κ1) is 15.8. The lowest BCUT2D eigenvalue weighted by molar-refractivity contribution is 0.544. The molecule has 0 aliphatic carbocycles. The fourth-order valence-corrected chi connectivity index (χ4v) is 2.58. The summed E-state index contributed by atoms with van der Waals surface area (Å²) in [5.74, 6) is -0.337. The molecule has 2 aromatic rings. The number of hydrogen-bond acceptors (Lipinski definition) is 2. The van der Waals surface area contributed by atoms with E-state index >= 15 is 0 Å². The summed E-state index contributed by atoms with van der Waals surface area (Å²) < 4.78 is 13.7. The van der Waals surface area contributed by atoms with Crippen molar-refractivity contribution in [3.05, 3.63) is 69.0 Å². The smallest absolute Gasteiger partial charge is 0.127 e. The Labute approximate surface area is 133 Å². The number of benzene rings is 2. The third-order valence-electron chi connectivity index (χ3n) is 3.20. The first-order valence-corrected chi connectivity index (χ1v) is 7.13. The molecule has 0 saturated heterocycles. The third-order valence-corrected chi connectivity index (χ3v) is 3.76. The SMILES string of the molecule is CC(NCc1cc(C#N)ccc1F)c1ccc(Cl)cc1Cl. The van der Waals surface area contributed by atoms with E-state index in [2.05, 4.69) is 5.32 Å². The summed E-state index contributed by atoms with van der Waals surface area (Å²) in [6, 6.07) is 11.5. The molecule has 0 heterocycles. The quantitative estimate of drug-likeness (QED) is 0.872. The molecule has 0 aliphatic heterocycles. The normalized spacial score (nSPS) is 12.0. The second-order valence-electron chi connectivity index (χ2n) is 4.69. The van der Waals surface area contributed by atoms with Crippen LogP contribution in [0.15, 0.2) is 36.4 Å². The molecule has 0 bridgehead atoms. The molecule has 108 valence electrons. The molecule has 1 atom stereocenters. The van der Waals surface area contributed by atoms with E-state index in [1.165, 1.54) is 12.1 Å². The van der Waals surface area contributed by atoms with E-state index in [0.717, 1.165) is 5.56 Å². The van der Waals surface area contributed by atoms with Crippen LogP contribution in [0.5, 0.6) is 0 Å². The summed E-state index contributed by atoms with van der Waals surface area (Å²) in [6.45, 7) is 2.24. The average molecular weight is 323 g/mol. The maximum absolute atomic E-state index is 13.7. The topological polar surface area (TPSA) is 35.8 Å². The van der Waals surface area contributed by atoms with Crippen LogP contribution in [-0.2, 0) is 6.54 Å². The van der Waals surface area contributed by atoms with Gasteiger partial charge in [0.2, 0.25) is 0 Å². The van der Waals surface area contributed by atoms with Crippen LogP contribution < -0.4 is 5.32 Å². The Morgan fingerprint density at radius 1 is 1.24 bits per heavy atom. The van der Waals surface area contributed by atoms with Gasteiger partial charge in [0.1, 0.15) is 5.82 Å². The molecule has 0 amide bonds. The van der Waals surface area contributed by atoms with Crippen LogP contribution in [0.2, 0.25) is 10.0 Å². The summed E-state index contributed by atoms with van der Waals surface area (Å²) in [5, 5.41) is 13.2. The monoisotopic (exact) mass is 322 g/mol. The predicted octanol–water partition coefficient (Wildman–Crippen LogP) is 4.85. The van der Waals surface area contributed by atoms with E-state index in [9.17, 15) is 4.39 Å². The predicted molar refractivity (Wildman–Crippen MR) is 82.8 cm³/mol. The molecule has 2 nitrogen and oxygen atoms in total. The average Bonchev–Trinajstić information content (AvgIpc) is 2.46. The molecule has 1 unspecified atom stereocenters. The highest BCUT2D eigenvalue weighted by Crippen LogP contribution is 2.26. The van der Waals surface area contributed by atoms with Crippen LogP contribution >= 0.6 is 23.2 Å². The molecule has 0 saturated carbocycles. The molecule has 0 radical (unpaired) electrons. The number of nitrogens with zero attached hydrogens (tertiary/aromatic N) is 1. The minimum Gasteiger partial charge on any atom is -0.306 e. The van der Waals surface area contributed by atoms with Crippen molar-refractivity contribution >= 4 is 23.2 Å². The van der Waals surface area contributed by atoms with Crippen molar-refractivity contribution < 1.29 is 4.39 Å². The molecule has 0 spiro atoms. The van der Waals surface area contributed by atoms with Crippen molar-refractivity contribution in [2.45, 2.75) is 19.5 Å². The van der Waals surface area contributed by atoms with Crippen molar-refractivity contribution in [2.75, 3.05) is 0 Å². The van der Waals surface area contributed by atoms with Crippen molar-refractivity contribution in [2.24, 2.45) is 0 Å². The van der Waals surface area contributed by atoms with Crippen molar-refractivity contribution in [1.29, 1.82) is 5.26 Å². The van der Waals surface area contributed by atoms with Gasteiger partial charge in [-0.15, -0.1) is 0 Å². The van der Waals surface area contributed by atoms with Gasteiger partial charge in [-0.3, -0.25) is 0 Å². The second-order valence-corrected chi connectivity index (χ2v) is 5.53. The lowest BCUT2D eigenvalue weighted by Gasteiger charge is -2.16. The van der Waals surface area contributed by atoms with E-state index < -0.39 is 0 Å². The molecule has 1 N–H and O–H groups in total. The van der Waals surface area contributed by atoms with E-state index in [1.54, 1.807) is 18.2 Å². The molecule has 5 heteroatoms. The zero-order valence-electron chi connectivity index (χ0n) is 11.3. The molecule has 21 heavy (non-hydrogen) atoms. The van der Waals surface area contributed by atoms with Gasteiger partial charge >= 0.3 is 0 Å². The maximum atomic E-state index is 13.7. The van der Waals surface area contributed by atoms with Gasteiger partial charge in [-0.05, 0) is 42.8 Å². The van der Waals surface area contributed by atoms with E-state index in [4.69, 9.17) is 28.5 Å². The Balaban J connectivity index is 2.11. The minimum atomic E-state index is -0.337. The van der Waals surface area contributed by atoms with Crippen LogP contribution in [0.25, 0.3) is 0 Å². The highest BCUT2D eigenvalue weighted by atomic mass is 35.5. The number of nitriles is 1. The first-order valence-electron chi connectivity index (χ1n) is 6.38. The summed E-state index contributed by atoms with van der Waals surface area (Å²) in [7, 11) is 0. The highest BCUT2D eigenvalue weighted by molar-refractivity contribution is 6.35. The van der Waals surface area contributed by atoms with Crippen LogP contribution in [0.3, 0.4) is 0 Å². The molecular weight excluding hydrogens is 310 g/mol. The molecular formula is C16H13Cl2FN2. The van der Waals surface area contributed by atoms with Crippen LogP contribution in [0, 0.1) is 17.1 Å². The van der Waals surface area contributed by atoms with Gasteiger partial charge in [-0.2, -0.15) is 5.26 Å². The van der Waals surface area contributed by atoms with E-state index in [-0.39, 0.29) is 11.9 Å². The number of rotatable bonds is 4. The summed E-state index contributed by atoms with van der Waals surface area (Å²) in [4.78, 5) is 0. The second kappa shape index (κ2) is 6.91. The van der Waals surface area contributed by atoms with Crippen molar-refractivity contribution in [3.8, 4) is 6.07 Å². The zero-order valence-corrected chi connectivity index (χ0v) is 12.8. The van der Waals surface area contributed by atoms with Gasteiger partial charge < -0.3 is 5.32 Å². The third kappa shape index (κ3) is 3.95. The minimum absolute atomic E-state index is 0.0695. The largest absolute Gasteiger partial charge is 0.306 e. The first-order chi connectivity index (χ1) is 10.0. The molecule has 0 aromatic heterocycles. The van der Waals surface area contributed by atoms with E-state index in [0.29, 0.717) is 27.7 Å². The summed E-state index contributed by atoms with van der Waals surface area (Å²) >= 11 is 12.0. The fraction of sp³-hybridized carbons (Fsp3) is 0.188. The maximum Gasteiger partial charge on any atom is 0.127 e. The van der Waals surface area contributed by atoms with Gasteiger partial charge in [-0.25, -0.2) is 4.39 Å². The zero-order chi connectivity index (χ0) is 15.4. The Bertz CT molecular complexity index is 695. The molecule has 2 rings (SSSR count). The molecule has 0 fully saturated rings. The number of hydrogen-bond donors (Lipinski definition) is 1. The number of nitrogens with one attached hydrogen (secondary N) is 1. The van der Waals surface area contributed by atoms with Gasteiger partial charge in [0.15, 0.2) is 0 Å². The van der Waals surface area contributed by atoms with Crippen LogP contribution in [0.4, 0.5) is 4.39 Å². The van der Waals surface area contributed by atoms with Gasteiger partial charge in [0.05, 0.1) is 11.6 Å². The van der Waals surface area contributed by atoms with Crippen molar-refractivity contribution in [3.63, 3.8) is 0 Å². The van der Waals surface area contributed by atoms with Crippen LogP contribution in [0.1, 0.15) is 29.7 Å². The lowest BCUT2D eigenvalue weighted by atomic mass is 10.1. The Morgan fingerprint density at radius 3 is 2.67 bits per heavy atom. The molecule has 2 aromatic carbocycles. The Kier molecular flexibility index (Phi) is 5.19. The summed E-state index contributed by atoms with van der Waals surface area (Å²) in [6.07, 6.45) is 0. The fourth-order valence-electron chi connectivity index (χ4n) is 2.01.